The van der Waals surface area contributed by atoms with Gasteiger partial charge in [0.25, 0.3) is 0 Å². The number of rotatable bonds is 6. The first-order valence-electron chi connectivity index (χ1n) is 13.3. The third kappa shape index (κ3) is 5.15. The second kappa shape index (κ2) is 10.4. The summed E-state index contributed by atoms with van der Waals surface area (Å²) in [6.45, 7) is 8.39. The van der Waals surface area contributed by atoms with Gasteiger partial charge in [-0.3, -0.25) is 4.90 Å². The molecule has 6 rings (SSSR count). The Morgan fingerprint density at radius 2 is 1.83 bits per heavy atom. The molecule has 8 heteroatoms. The first-order valence-corrected chi connectivity index (χ1v) is 14.1. The second-order valence-electron chi connectivity index (χ2n) is 10.3. The number of hydrogen-bond donors (Lipinski definition) is 1. The molecule has 1 atom stereocenters. The predicted molar refractivity (Wildman–Crippen MR) is 143 cm³/mol. The van der Waals surface area contributed by atoms with E-state index in [1.807, 2.05) is 6.20 Å². The molecule has 1 unspecified atom stereocenters. The molecular formula is C27H36N6OS. The fourth-order valence-electron chi connectivity index (χ4n) is 5.77. The lowest BCUT2D eigenvalue weighted by molar-refractivity contribution is 0.0849. The van der Waals surface area contributed by atoms with Gasteiger partial charge in [0.2, 0.25) is 0 Å². The lowest BCUT2D eigenvalue weighted by atomic mass is 9.90. The molecule has 35 heavy (non-hydrogen) atoms. The largest absolute Gasteiger partial charge is 0.381 e. The molecule has 1 N–H and O–H groups in total. The zero-order chi connectivity index (χ0) is 23.6. The maximum Gasteiger partial charge on any atom is 0.186 e. The van der Waals surface area contributed by atoms with E-state index in [-0.39, 0.29) is 0 Å². The average Bonchev–Trinajstić information content (AvgIpc) is 3.55. The summed E-state index contributed by atoms with van der Waals surface area (Å²) in [7, 11) is 0. The number of anilines is 3. The Labute approximate surface area is 211 Å². The Hall–Kier alpha value is -2.29. The average molecular weight is 493 g/mol. The van der Waals surface area contributed by atoms with Crippen LogP contribution >= 0.6 is 11.3 Å². The van der Waals surface area contributed by atoms with Gasteiger partial charge in [-0.15, -0.1) is 0 Å². The minimum absolute atomic E-state index is 0.544. The minimum atomic E-state index is 0.544. The van der Waals surface area contributed by atoms with E-state index >= 15 is 0 Å². The summed E-state index contributed by atoms with van der Waals surface area (Å²) in [4.78, 5) is 19.8. The van der Waals surface area contributed by atoms with Crippen LogP contribution in [-0.2, 0) is 11.3 Å². The van der Waals surface area contributed by atoms with Crippen molar-refractivity contribution in [3.8, 4) is 0 Å². The Kier molecular flexibility index (Phi) is 6.85. The number of pyridine rings is 2. The number of fused-ring (bicyclic) bond motifs is 1. The summed E-state index contributed by atoms with van der Waals surface area (Å²) in [6.07, 6.45) is 10.5. The highest BCUT2D eigenvalue weighted by atomic mass is 32.1. The standard InChI is InChI=1S/C27H36N6OS/c1-19-6-2-3-13-33(19)27-30-22-16-26(28-17-24(22)35-27)31-25-8-7-21(20-9-14-34-15-10-20)23(29-25)18-32-11-4-5-12-32/h7-8,16-17,19-20H,2-6,9-15,18H2,1H3,(H,28,29,31). The molecule has 0 aromatic carbocycles. The number of ether oxygens (including phenoxy) is 1. The van der Waals surface area contributed by atoms with E-state index in [0.29, 0.717) is 12.0 Å². The number of likely N-dealkylation sites (tertiary alicyclic amines) is 1. The van der Waals surface area contributed by atoms with E-state index in [0.717, 1.165) is 66.1 Å². The van der Waals surface area contributed by atoms with Crippen molar-refractivity contribution in [2.75, 3.05) is 43.1 Å². The number of thiazole rings is 1. The van der Waals surface area contributed by atoms with Crippen LogP contribution in [0.25, 0.3) is 10.2 Å². The van der Waals surface area contributed by atoms with E-state index < -0.39 is 0 Å². The molecule has 0 amide bonds. The molecule has 3 aliphatic heterocycles. The molecule has 186 valence electrons. The molecule has 0 bridgehead atoms. The molecule has 0 spiro atoms. The topological polar surface area (TPSA) is 66.4 Å². The van der Waals surface area contributed by atoms with E-state index in [4.69, 9.17) is 19.7 Å². The van der Waals surface area contributed by atoms with Crippen molar-refractivity contribution < 1.29 is 4.74 Å². The highest BCUT2D eigenvalue weighted by molar-refractivity contribution is 7.22. The van der Waals surface area contributed by atoms with Crippen LogP contribution in [0.4, 0.5) is 16.8 Å². The third-order valence-corrected chi connectivity index (χ3v) is 8.85. The van der Waals surface area contributed by atoms with Crippen LogP contribution in [0, 0.1) is 0 Å². The molecule has 6 heterocycles. The van der Waals surface area contributed by atoms with Crippen molar-refractivity contribution >= 4 is 38.3 Å². The van der Waals surface area contributed by atoms with Crippen LogP contribution in [0.3, 0.4) is 0 Å². The van der Waals surface area contributed by atoms with Gasteiger partial charge in [-0.2, -0.15) is 0 Å². The van der Waals surface area contributed by atoms with Gasteiger partial charge in [0.1, 0.15) is 11.6 Å². The summed E-state index contributed by atoms with van der Waals surface area (Å²) < 4.78 is 6.76. The molecule has 3 aliphatic rings. The minimum Gasteiger partial charge on any atom is -0.381 e. The van der Waals surface area contributed by atoms with Crippen LogP contribution in [-0.4, -0.2) is 58.7 Å². The van der Waals surface area contributed by atoms with Gasteiger partial charge < -0.3 is 15.0 Å². The Morgan fingerprint density at radius 1 is 1.00 bits per heavy atom. The molecule has 3 aromatic heterocycles. The molecule has 3 fully saturated rings. The Bertz CT molecular complexity index is 1150. The monoisotopic (exact) mass is 492 g/mol. The van der Waals surface area contributed by atoms with Gasteiger partial charge in [-0.05, 0) is 82.5 Å². The van der Waals surface area contributed by atoms with E-state index in [9.17, 15) is 0 Å². The van der Waals surface area contributed by atoms with Crippen molar-refractivity contribution in [1.29, 1.82) is 0 Å². The van der Waals surface area contributed by atoms with Crippen molar-refractivity contribution in [2.24, 2.45) is 0 Å². The van der Waals surface area contributed by atoms with Crippen molar-refractivity contribution in [2.45, 2.75) is 70.4 Å². The predicted octanol–water partition coefficient (Wildman–Crippen LogP) is 5.70. The van der Waals surface area contributed by atoms with Gasteiger partial charge in [0, 0.05) is 44.6 Å². The fourth-order valence-corrected chi connectivity index (χ4v) is 6.81. The quantitative estimate of drug-likeness (QED) is 0.473. The third-order valence-electron chi connectivity index (χ3n) is 7.81. The molecule has 7 nitrogen and oxygen atoms in total. The lowest BCUT2D eigenvalue weighted by Crippen LogP contribution is -2.37. The zero-order valence-corrected chi connectivity index (χ0v) is 21.5. The fraction of sp³-hybridized carbons (Fsp3) is 0.593. The molecule has 0 radical (unpaired) electrons. The summed E-state index contributed by atoms with van der Waals surface area (Å²) in [5.74, 6) is 2.21. The van der Waals surface area contributed by atoms with Crippen LogP contribution in [0.2, 0.25) is 0 Å². The molecule has 0 aliphatic carbocycles. The maximum absolute atomic E-state index is 5.62. The summed E-state index contributed by atoms with van der Waals surface area (Å²) >= 11 is 1.75. The van der Waals surface area contributed by atoms with Crippen LogP contribution in [0.1, 0.15) is 69.0 Å². The summed E-state index contributed by atoms with van der Waals surface area (Å²) in [6, 6.07) is 7.03. The van der Waals surface area contributed by atoms with E-state index in [1.54, 1.807) is 11.3 Å². The molecule has 3 saturated heterocycles. The van der Waals surface area contributed by atoms with Gasteiger partial charge in [0.05, 0.1) is 15.9 Å². The molecular weight excluding hydrogens is 456 g/mol. The zero-order valence-electron chi connectivity index (χ0n) is 20.7. The lowest BCUT2D eigenvalue weighted by Gasteiger charge is -2.32. The number of hydrogen-bond acceptors (Lipinski definition) is 8. The smallest absolute Gasteiger partial charge is 0.186 e. The van der Waals surface area contributed by atoms with Gasteiger partial charge in [0.15, 0.2) is 5.13 Å². The van der Waals surface area contributed by atoms with Gasteiger partial charge >= 0.3 is 0 Å². The van der Waals surface area contributed by atoms with Crippen molar-refractivity contribution in [3.63, 3.8) is 0 Å². The number of nitrogens with zero attached hydrogens (tertiary/aromatic N) is 5. The summed E-state index contributed by atoms with van der Waals surface area (Å²) in [5.41, 5.74) is 3.62. The normalized spacial score (nSPS) is 22.2. The molecule has 3 aromatic rings. The Morgan fingerprint density at radius 3 is 2.66 bits per heavy atom. The van der Waals surface area contributed by atoms with E-state index in [1.165, 1.54) is 56.5 Å². The van der Waals surface area contributed by atoms with E-state index in [2.05, 4.69) is 40.2 Å². The van der Waals surface area contributed by atoms with Crippen molar-refractivity contribution in [1.82, 2.24) is 19.9 Å². The SMILES string of the molecule is CC1CCCCN1c1nc2cc(Nc3ccc(C4CCOCC4)c(CN4CCCC4)n3)ncc2s1. The van der Waals surface area contributed by atoms with Gasteiger partial charge in [-0.25, -0.2) is 15.0 Å². The van der Waals surface area contributed by atoms with Gasteiger partial charge in [-0.1, -0.05) is 17.4 Å². The van der Waals surface area contributed by atoms with Crippen LogP contribution in [0.5, 0.6) is 0 Å². The summed E-state index contributed by atoms with van der Waals surface area (Å²) in [5, 5.41) is 4.60. The first kappa shape index (κ1) is 23.1. The number of nitrogens with one attached hydrogen (secondary N) is 1. The second-order valence-corrected chi connectivity index (χ2v) is 11.3. The highest BCUT2D eigenvalue weighted by Crippen LogP contribution is 2.34. The Balaban J connectivity index is 1.24. The molecule has 0 saturated carbocycles. The van der Waals surface area contributed by atoms with Crippen LogP contribution in [0.15, 0.2) is 24.4 Å². The number of piperidine rings is 1. The highest BCUT2D eigenvalue weighted by Gasteiger charge is 2.24. The number of aromatic nitrogens is 3. The van der Waals surface area contributed by atoms with Crippen LogP contribution < -0.4 is 10.2 Å². The first-order chi connectivity index (χ1) is 17.2. The van der Waals surface area contributed by atoms with Crippen molar-refractivity contribution in [3.05, 3.63) is 35.7 Å². The maximum atomic E-state index is 5.62.